The number of benzene rings is 1. The molecule has 0 radical (unpaired) electrons. The fourth-order valence-corrected chi connectivity index (χ4v) is 3.13. The highest BCUT2D eigenvalue weighted by Gasteiger charge is 2.08. The topological polar surface area (TPSA) is 55.4 Å². The number of unbranched alkanes of at least 4 members (excludes halogenated alkanes) is 1. The molecule has 1 aromatic carbocycles. The van der Waals surface area contributed by atoms with Crippen LogP contribution in [0.15, 0.2) is 18.2 Å². The average Bonchev–Trinajstić information content (AvgIpc) is 2.36. The summed E-state index contributed by atoms with van der Waals surface area (Å²) in [5, 5.41) is 0.536. The van der Waals surface area contributed by atoms with Crippen molar-refractivity contribution in [3.8, 4) is 5.75 Å². The Labute approximate surface area is 120 Å². The molecule has 0 aliphatic rings. The Morgan fingerprint density at radius 2 is 2.11 bits per heavy atom. The minimum atomic E-state index is -3.14. The normalized spacial score (nSPS) is 11.5. The molecule has 4 nitrogen and oxygen atoms in total. The Morgan fingerprint density at radius 1 is 1.37 bits per heavy atom. The monoisotopic (exact) mass is 305 g/mol. The minimum absolute atomic E-state index is 0.187. The van der Waals surface area contributed by atoms with Crippen molar-refractivity contribution in [2.24, 2.45) is 0 Å². The van der Waals surface area contributed by atoms with E-state index in [1.165, 1.54) is 0 Å². The Bertz CT molecular complexity index is 503. The van der Waals surface area contributed by atoms with Crippen molar-refractivity contribution in [2.45, 2.75) is 26.2 Å². The third-order valence-corrected chi connectivity index (χ3v) is 4.48. The molecule has 0 aliphatic heterocycles. The summed E-state index contributed by atoms with van der Waals surface area (Å²) in [5.41, 5.74) is 0.976. The highest BCUT2D eigenvalue weighted by molar-refractivity contribution is 7.89. The van der Waals surface area contributed by atoms with Crippen molar-refractivity contribution in [2.75, 3.05) is 19.4 Å². The summed E-state index contributed by atoms with van der Waals surface area (Å²) >= 11 is 6.00. The van der Waals surface area contributed by atoms with Gasteiger partial charge in [0.05, 0.1) is 17.9 Å². The zero-order valence-electron chi connectivity index (χ0n) is 11.3. The zero-order valence-corrected chi connectivity index (χ0v) is 12.9. The van der Waals surface area contributed by atoms with Crippen LogP contribution in [0.2, 0.25) is 5.02 Å². The fraction of sp³-hybridized carbons (Fsp3) is 0.538. The molecule has 0 heterocycles. The molecule has 0 aromatic heterocycles. The number of rotatable bonds is 8. The lowest BCUT2D eigenvalue weighted by Gasteiger charge is -2.08. The van der Waals surface area contributed by atoms with Gasteiger partial charge in [0, 0.05) is 6.54 Å². The first kappa shape index (κ1) is 16.3. The Morgan fingerprint density at radius 3 is 2.68 bits per heavy atom. The Kier molecular flexibility index (Phi) is 6.62. The zero-order chi connectivity index (χ0) is 14.3. The van der Waals surface area contributed by atoms with Crippen molar-refractivity contribution in [3.63, 3.8) is 0 Å². The molecule has 0 saturated carbocycles. The van der Waals surface area contributed by atoms with Gasteiger partial charge in [0.15, 0.2) is 0 Å². The summed E-state index contributed by atoms with van der Waals surface area (Å²) < 4.78 is 30.8. The van der Waals surface area contributed by atoms with Gasteiger partial charge in [-0.05, 0) is 30.5 Å². The molecule has 0 spiro atoms. The van der Waals surface area contributed by atoms with Crippen molar-refractivity contribution in [1.82, 2.24) is 4.72 Å². The highest BCUT2D eigenvalue weighted by Crippen LogP contribution is 2.24. The van der Waals surface area contributed by atoms with Crippen LogP contribution in [-0.2, 0) is 16.4 Å². The van der Waals surface area contributed by atoms with Crippen LogP contribution in [0.3, 0.4) is 0 Å². The van der Waals surface area contributed by atoms with Gasteiger partial charge in [0.2, 0.25) is 10.0 Å². The lowest BCUT2D eigenvalue weighted by atomic mass is 10.1. The van der Waals surface area contributed by atoms with E-state index in [1.54, 1.807) is 19.2 Å². The van der Waals surface area contributed by atoms with Gasteiger partial charge >= 0.3 is 0 Å². The number of nitrogens with one attached hydrogen (secondary N) is 1. The van der Waals surface area contributed by atoms with Gasteiger partial charge in [-0.1, -0.05) is 31.0 Å². The van der Waals surface area contributed by atoms with E-state index < -0.39 is 10.0 Å². The van der Waals surface area contributed by atoms with Crippen molar-refractivity contribution >= 4 is 21.6 Å². The van der Waals surface area contributed by atoms with E-state index in [0.29, 0.717) is 30.2 Å². The molecule has 0 aliphatic carbocycles. The quantitative estimate of drug-likeness (QED) is 0.803. The predicted molar refractivity (Wildman–Crippen MR) is 78.4 cm³/mol. The number of hydrogen-bond acceptors (Lipinski definition) is 3. The van der Waals surface area contributed by atoms with Crippen molar-refractivity contribution in [1.29, 1.82) is 0 Å². The molecule has 0 amide bonds. The first-order valence-corrected chi connectivity index (χ1v) is 8.31. The molecule has 1 aromatic rings. The summed E-state index contributed by atoms with van der Waals surface area (Å²) in [6.45, 7) is 2.35. The van der Waals surface area contributed by atoms with Crippen molar-refractivity contribution < 1.29 is 13.2 Å². The van der Waals surface area contributed by atoms with E-state index in [4.69, 9.17) is 16.3 Å². The van der Waals surface area contributed by atoms with E-state index in [0.717, 1.165) is 12.0 Å². The average molecular weight is 306 g/mol. The lowest BCUT2D eigenvalue weighted by molar-refractivity contribution is 0.415. The molecule has 0 bridgehead atoms. The molecule has 0 saturated heterocycles. The maximum atomic E-state index is 11.6. The molecular weight excluding hydrogens is 286 g/mol. The van der Waals surface area contributed by atoms with Crippen LogP contribution in [0.1, 0.15) is 25.3 Å². The SMILES string of the molecule is CCCCS(=O)(=O)NCCc1ccc(OC)c(Cl)c1. The fourth-order valence-electron chi connectivity index (χ4n) is 1.62. The van der Waals surface area contributed by atoms with Crippen LogP contribution in [0.4, 0.5) is 0 Å². The summed E-state index contributed by atoms with van der Waals surface area (Å²) in [6.07, 6.45) is 2.16. The van der Waals surface area contributed by atoms with Gasteiger partial charge in [-0.25, -0.2) is 13.1 Å². The predicted octanol–water partition coefficient (Wildman–Crippen LogP) is 2.61. The Balaban J connectivity index is 2.47. The van der Waals surface area contributed by atoms with Crippen molar-refractivity contribution in [3.05, 3.63) is 28.8 Å². The molecular formula is C13H20ClNO3S. The number of methoxy groups -OCH3 is 1. The largest absolute Gasteiger partial charge is 0.495 e. The number of ether oxygens (including phenoxy) is 1. The molecule has 1 N–H and O–H groups in total. The maximum absolute atomic E-state index is 11.6. The second kappa shape index (κ2) is 7.72. The standard InChI is InChI=1S/C13H20ClNO3S/c1-3-4-9-19(16,17)15-8-7-11-5-6-13(18-2)12(14)10-11/h5-6,10,15H,3-4,7-9H2,1-2H3. The van der Waals surface area contributed by atoms with Gasteiger partial charge in [0.1, 0.15) is 5.75 Å². The van der Waals surface area contributed by atoms with Crippen LogP contribution >= 0.6 is 11.6 Å². The smallest absolute Gasteiger partial charge is 0.211 e. The van der Waals surface area contributed by atoms with Gasteiger partial charge in [-0.2, -0.15) is 0 Å². The van der Waals surface area contributed by atoms with E-state index >= 15 is 0 Å². The van der Waals surface area contributed by atoms with Gasteiger partial charge < -0.3 is 4.74 Å². The lowest BCUT2D eigenvalue weighted by Crippen LogP contribution is -2.28. The summed E-state index contributed by atoms with van der Waals surface area (Å²) in [6, 6.07) is 5.45. The molecule has 1 rings (SSSR count). The highest BCUT2D eigenvalue weighted by atomic mass is 35.5. The molecule has 6 heteroatoms. The van der Waals surface area contributed by atoms with Crippen LogP contribution in [0, 0.1) is 0 Å². The van der Waals surface area contributed by atoms with Gasteiger partial charge in [-0.15, -0.1) is 0 Å². The molecule has 108 valence electrons. The van der Waals surface area contributed by atoms with E-state index in [9.17, 15) is 8.42 Å². The molecule has 19 heavy (non-hydrogen) atoms. The third-order valence-electron chi connectivity index (χ3n) is 2.72. The second-order valence-corrected chi connectivity index (χ2v) is 6.62. The summed E-state index contributed by atoms with van der Waals surface area (Å²) in [7, 11) is -1.59. The molecule has 0 unspecified atom stereocenters. The van der Waals surface area contributed by atoms with Crippen LogP contribution < -0.4 is 9.46 Å². The summed E-state index contributed by atoms with van der Waals surface area (Å²) in [4.78, 5) is 0. The van der Waals surface area contributed by atoms with E-state index in [2.05, 4.69) is 4.72 Å². The van der Waals surface area contributed by atoms with Crippen LogP contribution in [-0.4, -0.2) is 27.8 Å². The third kappa shape index (κ3) is 5.80. The van der Waals surface area contributed by atoms with E-state index in [1.807, 2.05) is 13.0 Å². The molecule has 0 atom stereocenters. The maximum Gasteiger partial charge on any atom is 0.211 e. The number of sulfonamides is 1. The second-order valence-electron chi connectivity index (χ2n) is 4.29. The first-order chi connectivity index (χ1) is 8.98. The minimum Gasteiger partial charge on any atom is -0.495 e. The first-order valence-electron chi connectivity index (χ1n) is 6.28. The van der Waals surface area contributed by atoms with Gasteiger partial charge in [0.25, 0.3) is 0 Å². The summed E-state index contributed by atoms with van der Waals surface area (Å²) in [5.74, 6) is 0.807. The number of halogens is 1. The van der Waals surface area contributed by atoms with E-state index in [-0.39, 0.29) is 5.75 Å². The number of hydrogen-bond donors (Lipinski definition) is 1. The van der Waals surface area contributed by atoms with Crippen LogP contribution in [0.5, 0.6) is 5.75 Å². The van der Waals surface area contributed by atoms with Crippen LogP contribution in [0.25, 0.3) is 0 Å². The van der Waals surface area contributed by atoms with Gasteiger partial charge in [-0.3, -0.25) is 0 Å². The molecule has 0 fully saturated rings. The Hall–Kier alpha value is -0.780.